The van der Waals surface area contributed by atoms with Crippen molar-refractivity contribution in [2.24, 2.45) is 4.99 Å². The second-order valence-corrected chi connectivity index (χ2v) is 6.87. The van der Waals surface area contributed by atoms with Crippen LogP contribution in [0.2, 0.25) is 0 Å². The van der Waals surface area contributed by atoms with Gasteiger partial charge in [-0.2, -0.15) is 8.78 Å². The highest BCUT2D eigenvalue weighted by atomic mass is 127. The molecule has 10 heteroatoms. The SMILES string of the molecule is CCNC(=NCc1c(F)cccc1OC(F)F)NCCc1cccc(C(=O)N(C)C)c1.I. The van der Waals surface area contributed by atoms with Crippen molar-refractivity contribution in [1.29, 1.82) is 0 Å². The van der Waals surface area contributed by atoms with Gasteiger partial charge in [0.05, 0.1) is 12.1 Å². The van der Waals surface area contributed by atoms with E-state index in [4.69, 9.17) is 0 Å². The van der Waals surface area contributed by atoms with Gasteiger partial charge in [-0.05, 0) is 43.2 Å². The minimum atomic E-state index is -3.05. The fourth-order valence-electron chi connectivity index (χ4n) is 2.84. The van der Waals surface area contributed by atoms with Crippen LogP contribution in [0.4, 0.5) is 13.2 Å². The zero-order valence-corrected chi connectivity index (χ0v) is 20.5. The molecule has 2 rings (SSSR count). The molecule has 0 unspecified atom stereocenters. The van der Waals surface area contributed by atoms with Gasteiger partial charge in [0, 0.05) is 32.7 Å². The molecule has 0 aliphatic heterocycles. The van der Waals surface area contributed by atoms with Crippen molar-refractivity contribution in [1.82, 2.24) is 15.5 Å². The normalized spacial score (nSPS) is 11.0. The minimum Gasteiger partial charge on any atom is -0.434 e. The smallest absolute Gasteiger partial charge is 0.387 e. The van der Waals surface area contributed by atoms with Crippen molar-refractivity contribution < 1.29 is 22.7 Å². The quantitative estimate of drug-likeness (QED) is 0.274. The number of nitrogens with zero attached hydrogens (tertiary/aromatic N) is 2. The van der Waals surface area contributed by atoms with Crippen LogP contribution in [0.15, 0.2) is 47.5 Å². The Morgan fingerprint density at radius 1 is 1.16 bits per heavy atom. The van der Waals surface area contributed by atoms with E-state index in [0.29, 0.717) is 31.0 Å². The molecule has 6 nitrogen and oxygen atoms in total. The molecule has 0 radical (unpaired) electrons. The Bertz CT molecular complexity index is 910. The first kappa shape index (κ1) is 27.5. The van der Waals surface area contributed by atoms with Crippen molar-refractivity contribution in [3.8, 4) is 5.75 Å². The van der Waals surface area contributed by atoms with Gasteiger partial charge >= 0.3 is 6.61 Å². The Hall–Kier alpha value is -2.50. The zero-order valence-electron chi connectivity index (χ0n) is 18.2. The largest absolute Gasteiger partial charge is 0.434 e. The van der Waals surface area contributed by atoms with E-state index >= 15 is 0 Å². The van der Waals surface area contributed by atoms with Gasteiger partial charge in [-0.15, -0.1) is 24.0 Å². The number of alkyl halides is 2. The van der Waals surface area contributed by atoms with Gasteiger partial charge in [-0.25, -0.2) is 9.38 Å². The molecule has 0 heterocycles. The molecule has 0 aliphatic rings. The predicted molar refractivity (Wildman–Crippen MR) is 129 cm³/mol. The van der Waals surface area contributed by atoms with Crippen LogP contribution in [0.1, 0.15) is 28.4 Å². The van der Waals surface area contributed by atoms with Gasteiger partial charge < -0.3 is 20.3 Å². The lowest BCUT2D eigenvalue weighted by atomic mass is 10.1. The molecule has 0 saturated heterocycles. The molecule has 2 N–H and O–H groups in total. The van der Waals surface area contributed by atoms with Gasteiger partial charge in [0.1, 0.15) is 11.6 Å². The predicted octanol–water partition coefficient (Wildman–Crippen LogP) is 4.04. The maximum absolute atomic E-state index is 14.1. The molecular formula is C22H28F3IN4O2. The number of benzene rings is 2. The number of hydrogen-bond donors (Lipinski definition) is 2. The highest BCUT2D eigenvalue weighted by Crippen LogP contribution is 2.24. The average Bonchev–Trinajstić information content (AvgIpc) is 2.72. The van der Waals surface area contributed by atoms with E-state index in [0.717, 1.165) is 5.56 Å². The number of halogens is 4. The number of rotatable bonds is 9. The van der Waals surface area contributed by atoms with Crippen LogP contribution in [0, 0.1) is 5.82 Å². The molecule has 2 aromatic carbocycles. The summed E-state index contributed by atoms with van der Waals surface area (Å²) in [5, 5.41) is 6.15. The first-order chi connectivity index (χ1) is 14.8. The van der Waals surface area contributed by atoms with Gasteiger partial charge in [-0.3, -0.25) is 4.79 Å². The third-order valence-electron chi connectivity index (χ3n) is 4.32. The van der Waals surface area contributed by atoms with Gasteiger partial charge in [-0.1, -0.05) is 18.2 Å². The summed E-state index contributed by atoms with van der Waals surface area (Å²) in [5.74, 6) is -0.567. The number of aliphatic imine (C=N–C) groups is 1. The highest BCUT2D eigenvalue weighted by molar-refractivity contribution is 14.0. The van der Waals surface area contributed by atoms with Crippen molar-refractivity contribution in [2.45, 2.75) is 26.5 Å². The summed E-state index contributed by atoms with van der Waals surface area (Å²) in [6.07, 6.45) is 0.623. The Morgan fingerprint density at radius 3 is 2.53 bits per heavy atom. The molecule has 0 fully saturated rings. The molecule has 0 atom stereocenters. The number of hydrogen-bond acceptors (Lipinski definition) is 3. The summed E-state index contributed by atoms with van der Waals surface area (Å²) in [6, 6.07) is 11.1. The van der Waals surface area contributed by atoms with Crippen molar-refractivity contribution in [3.05, 3.63) is 65.0 Å². The third kappa shape index (κ3) is 8.56. The summed E-state index contributed by atoms with van der Waals surface area (Å²) >= 11 is 0. The fraction of sp³-hybridized carbons (Fsp3) is 0.364. The number of guanidine groups is 1. The van der Waals surface area contributed by atoms with Crippen molar-refractivity contribution >= 4 is 35.8 Å². The summed E-state index contributed by atoms with van der Waals surface area (Å²) in [4.78, 5) is 17.9. The fourth-order valence-corrected chi connectivity index (χ4v) is 2.84. The number of carbonyl (C=O) groups is 1. The molecule has 0 aromatic heterocycles. The van der Waals surface area contributed by atoms with E-state index in [-0.39, 0.29) is 47.7 Å². The zero-order chi connectivity index (χ0) is 22.8. The minimum absolute atomic E-state index is 0. The Balaban J connectivity index is 0.00000512. The van der Waals surface area contributed by atoms with Crippen LogP contribution in [0.25, 0.3) is 0 Å². The Kier molecular flexibility index (Phi) is 11.9. The summed E-state index contributed by atoms with van der Waals surface area (Å²) < 4.78 is 43.6. The van der Waals surface area contributed by atoms with Crippen LogP contribution in [0.3, 0.4) is 0 Å². The van der Waals surface area contributed by atoms with E-state index in [2.05, 4.69) is 20.4 Å². The van der Waals surface area contributed by atoms with E-state index in [9.17, 15) is 18.0 Å². The lowest BCUT2D eigenvalue weighted by Crippen LogP contribution is -2.38. The molecule has 0 aliphatic carbocycles. The lowest BCUT2D eigenvalue weighted by molar-refractivity contribution is -0.0506. The highest BCUT2D eigenvalue weighted by Gasteiger charge is 2.14. The van der Waals surface area contributed by atoms with Gasteiger partial charge in [0.15, 0.2) is 5.96 Å². The third-order valence-corrected chi connectivity index (χ3v) is 4.32. The molecular weight excluding hydrogens is 536 g/mol. The van der Waals surface area contributed by atoms with Crippen LogP contribution < -0.4 is 15.4 Å². The second-order valence-electron chi connectivity index (χ2n) is 6.87. The van der Waals surface area contributed by atoms with Crippen LogP contribution in [-0.4, -0.2) is 50.6 Å². The van der Waals surface area contributed by atoms with Gasteiger partial charge in [0.25, 0.3) is 5.91 Å². The number of carbonyl (C=O) groups excluding carboxylic acids is 1. The maximum atomic E-state index is 14.1. The lowest BCUT2D eigenvalue weighted by Gasteiger charge is -2.14. The topological polar surface area (TPSA) is 66.0 Å². The van der Waals surface area contributed by atoms with Gasteiger partial charge in [0.2, 0.25) is 0 Å². The maximum Gasteiger partial charge on any atom is 0.387 e. The van der Waals surface area contributed by atoms with Crippen LogP contribution >= 0.6 is 24.0 Å². The standard InChI is InChI=1S/C22H27F3N4O2.HI/c1-4-26-22(28-14-17-18(23)9-6-10-19(17)31-21(24)25)27-12-11-15-7-5-8-16(13-15)20(30)29(2)3;/h5-10,13,21H,4,11-12,14H2,1-3H3,(H2,26,27,28);1H. The first-order valence-electron chi connectivity index (χ1n) is 9.86. The van der Waals surface area contributed by atoms with E-state index in [1.54, 1.807) is 20.2 Å². The Labute approximate surface area is 203 Å². The van der Waals surface area contributed by atoms with Crippen LogP contribution in [-0.2, 0) is 13.0 Å². The first-order valence-corrected chi connectivity index (χ1v) is 9.86. The van der Waals surface area contributed by atoms with Crippen molar-refractivity contribution in [3.63, 3.8) is 0 Å². The summed E-state index contributed by atoms with van der Waals surface area (Å²) in [5.41, 5.74) is 1.53. The van der Waals surface area contributed by atoms with E-state index < -0.39 is 12.4 Å². The molecule has 2 aromatic rings. The molecule has 32 heavy (non-hydrogen) atoms. The van der Waals surface area contributed by atoms with E-state index in [1.165, 1.54) is 23.1 Å². The van der Waals surface area contributed by atoms with E-state index in [1.807, 2.05) is 25.1 Å². The number of nitrogens with one attached hydrogen (secondary N) is 2. The van der Waals surface area contributed by atoms with Crippen molar-refractivity contribution in [2.75, 3.05) is 27.2 Å². The molecule has 1 amide bonds. The van der Waals surface area contributed by atoms with Crippen LogP contribution in [0.5, 0.6) is 5.75 Å². The monoisotopic (exact) mass is 564 g/mol. The summed E-state index contributed by atoms with van der Waals surface area (Å²) in [6.45, 7) is -0.274. The molecule has 0 saturated carbocycles. The molecule has 176 valence electrons. The average molecular weight is 564 g/mol. The number of ether oxygens (including phenoxy) is 1. The Morgan fingerprint density at radius 2 is 1.88 bits per heavy atom. The summed E-state index contributed by atoms with van der Waals surface area (Å²) in [7, 11) is 3.39. The molecule has 0 spiro atoms. The second kappa shape index (κ2) is 13.8. The molecule has 0 bridgehead atoms. The number of amides is 1.